The van der Waals surface area contributed by atoms with Gasteiger partial charge in [-0.3, -0.25) is 9.59 Å². The number of carboxylic acid groups (broad SMARTS) is 1. The van der Waals surface area contributed by atoms with Gasteiger partial charge in [0, 0.05) is 13.1 Å². The lowest BCUT2D eigenvalue weighted by molar-refractivity contribution is -0.149. The Morgan fingerprint density at radius 3 is 2.30 bits per heavy atom. The number of aliphatic carboxylic acids is 1. The zero-order valence-corrected chi connectivity index (χ0v) is 12.7. The molecule has 0 bridgehead atoms. The average molecular weight is 281 g/mol. The lowest BCUT2D eigenvalue weighted by atomic mass is 9.90. The molecule has 1 saturated heterocycles. The highest BCUT2D eigenvalue weighted by molar-refractivity contribution is 5.85. The van der Waals surface area contributed by atoms with Gasteiger partial charge in [0.1, 0.15) is 0 Å². The van der Waals surface area contributed by atoms with Gasteiger partial charge in [-0.05, 0) is 37.5 Å². The SMILES string of the molecule is CCCC1CCN(C(=O)[C@H]2CC(C)C[C@H]2C(=O)O)CC1. The molecular formula is C16H27NO3. The van der Waals surface area contributed by atoms with Crippen molar-refractivity contribution in [2.24, 2.45) is 23.7 Å². The molecule has 1 amide bonds. The van der Waals surface area contributed by atoms with E-state index in [0.717, 1.165) is 38.3 Å². The van der Waals surface area contributed by atoms with E-state index in [2.05, 4.69) is 13.8 Å². The topological polar surface area (TPSA) is 57.6 Å². The highest BCUT2D eigenvalue weighted by atomic mass is 16.4. The van der Waals surface area contributed by atoms with Crippen LogP contribution in [0.5, 0.6) is 0 Å². The van der Waals surface area contributed by atoms with Crippen LogP contribution in [0.2, 0.25) is 0 Å². The summed E-state index contributed by atoms with van der Waals surface area (Å²) >= 11 is 0. The van der Waals surface area contributed by atoms with Crippen LogP contribution in [-0.2, 0) is 9.59 Å². The van der Waals surface area contributed by atoms with Gasteiger partial charge >= 0.3 is 5.97 Å². The molecule has 20 heavy (non-hydrogen) atoms. The molecule has 4 nitrogen and oxygen atoms in total. The zero-order valence-electron chi connectivity index (χ0n) is 12.7. The Morgan fingerprint density at radius 1 is 1.15 bits per heavy atom. The summed E-state index contributed by atoms with van der Waals surface area (Å²) < 4.78 is 0. The van der Waals surface area contributed by atoms with Crippen LogP contribution in [-0.4, -0.2) is 35.0 Å². The van der Waals surface area contributed by atoms with E-state index in [1.807, 2.05) is 4.90 Å². The van der Waals surface area contributed by atoms with Gasteiger partial charge in [0.05, 0.1) is 11.8 Å². The van der Waals surface area contributed by atoms with E-state index in [4.69, 9.17) is 0 Å². The van der Waals surface area contributed by atoms with Gasteiger partial charge in [-0.1, -0.05) is 26.7 Å². The van der Waals surface area contributed by atoms with E-state index in [1.54, 1.807) is 0 Å². The third-order valence-electron chi connectivity index (χ3n) is 5.06. The largest absolute Gasteiger partial charge is 0.481 e. The van der Waals surface area contributed by atoms with Crippen LogP contribution >= 0.6 is 0 Å². The molecule has 2 aliphatic rings. The lowest BCUT2D eigenvalue weighted by Crippen LogP contribution is -2.43. The Hall–Kier alpha value is -1.06. The quantitative estimate of drug-likeness (QED) is 0.862. The van der Waals surface area contributed by atoms with Crippen molar-refractivity contribution in [1.29, 1.82) is 0 Å². The first-order valence-corrected chi connectivity index (χ1v) is 8.04. The van der Waals surface area contributed by atoms with Gasteiger partial charge < -0.3 is 10.0 Å². The minimum Gasteiger partial charge on any atom is -0.481 e. The predicted molar refractivity (Wildman–Crippen MR) is 77.2 cm³/mol. The van der Waals surface area contributed by atoms with Crippen LogP contribution in [0.15, 0.2) is 0 Å². The minimum atomic E-state index is -0.798. The van der Waals surface area contributed by atoms with Crippen molar-refractivity contribution in [3.8, 4) is 0 Å². The maximum atomic E-state index is 12.6. The number of nitrogens with zero attached hydrogens (tertiary/aromatic N) is 1. The summed E-state index contributed by atoms with van der Waals surface area (Å²) in [7, 11) is 0. The van der Waals surface area contributed by atoms with E-state index in [0.29, 0.717) is 12.3 Å². The monoisotopic (exact) mass is 281 g/mol. The molecule has 0 radical (unpaired) electrons. The number of carbonyl (C=O) groups is 2. The van der Waals surface area contributed by atoms with E-state index in [-0.39, 0.29) is 11.8 Å². The number of likely N-dealkylation sites (tertiary alicyclic amines) is 1. The Bertz CT molecular complexity index is 361. The van der Waals surface area contributed by atoms with E-state index < -0.39 is 11.9 Å². The van der Waals surface area contributed by atoms with Crippen LogP contribution in [0.1, 0.15) is 52.4 Å². The van der Waals surface area contributed by atoms with Crippen molar-refractivity contribution in [2.45, 2.75) is 52.4 Å². The Labute approximate surface area is 121 Å². The summed E-state index contributed by atoms with van der Waals surface area (Å²) in [5.74, 6) is -0.356. The van der Waals surface area contributed by atoms with Crippen LogP contribution < -0.4 is 0 Å². The van der Waals surface area contributed by atoms with Gasteiger partial charge in [0.25, 0.3) is 0 Å². The van der Waals surface area contributed by atoms with E-state index in [9.17, 15) is 14.7 Å². The Morgan fingerprint density at radius 2 is 1.75 bits per heavy atom. The number of hydrogen-bond donors (Lipinski definition) is 1. The highest BCUT2D eigenvalue weighted by Crippen LogP contribution is 2.38. The maximum absolute atomic E-state index is 12.6. The van der Waals surface area contributed by atoms with Crippen molar-refractivity contribution in [3.63, 3.8) is 0 Å². The van der Waals surface area contributed by atoms with Crippen LogP contribution in [0.4, 0.5) is 0 Å². The van der Waals surface area contributed by atoms with Crippen LogP contribution in [0.3, 0.4) is 0 Å². The molecule has 114 valence electrons. The highest BCUT2D eigenvalue weighted by Gasteiger charge is 2.43. The van der Waals surface area contributed by atoms with Crippen molar-refractivity contribution < 1.29 is 14.7 Å². The summed E-state index contributed by atoms with van der Waals surface area (Å²) in [5.41, 5.74) is 0. The molecule has 1 saturated carbocycles. The first-order valence-electron chi connectivity index (χ1n) is 8.04. The standard InChI is InChI=1S/C16H27NO3/c1-3-4-12-5-7-17(8-6-12)15(18)13-9-11(2)10-14(13)16(19)20/h11-14H,3-10H2,1-2H3,(H,19,20)/t11?,13-,14+/m0/s1. The van der Waals surface area contributed by atoms with Crippen molar-refractivity contribution in [2.75, 3.05) is 13.1 Å². The molecule has 0 aromatic carbocycles. The summed E-state index contributed by atoms with van der Waals surface area (Å²) in [6.45, 7) is 5.90. The number of hydrogen-bond acceptors (Lipinski definition) is 2. The summed E-state index contributed by atoms with van der Waals surface area (Å²) in [6.07, 6.45) is 6.02. The zero-order chi connectivity index (χ0) is 14.7. The number of amides is 1. The predicted octanol–water partition coefficient (Wildman–Crippen LogP) is 2.77. The maximum Gasteiger partial charge on any atom is 0.307 e. The first-order chi connectivity index (χ1) is 9.52. The van der Waals surface area contributed by atoms with Crippen molar-refractivity contribution >= 4 is 11.9 Å². The molecular weight excluding hydrogens is 254 g/mol. The number of carboxylic acids is 1. The fourth-order valence-corrected chi connectivity index (χ4v) is 3.92. The second-order valence-electron chi connectivity index (χ2n) is 6.69. The second-order valence-corrected chi connectivity index (χ2v) is 6.69. The smallest absolute Gasteiger partial charge is 0.307 e. The van der Waals surface area contributed by atoms with E-state index >= 15 is 0 Å². The summed E-state index contributed by atoms with van der Waals surface area (Å²) in [5, 5.41) is 9.29. The minimum absolute atomic E-state index is 0.0942. The third kappa shape index (κ3) is 3.33. The molecule has 1 heterocycles. The van der Waals surface area contributed by atoms with Crippen LogP contribution in [0.25, 0.3) is 0 Å². The molecule has 0 aromatic heterocycles. The van der Waals surface area contributed by atoms with Gasteiger partial charge in [0.15, 0.2) is 0 Å². The number of rotatable bonds is 4. The van der Waals surface area contributed by atoms with Gasteiger partial charge in [0.2, 0.25) is 5.91 Å². The van der Waals surface area contributed by atoms with Crippen LogP contribution in [0, 0.1) is 23.7 Å². The fourth-order valence-electron chi connectivity index (χ4n) is 3.92. The van der Waals surface area contributed by atoms with Gasteiger partial charge in [-0.25, -0.2) is 0 Å². The summed E-state index contributed by atoms with van der Waals surface area (Å²) in [6, 6.07) is 0. The molecule has 4 heteroatoms. The first kappa shape index (κ1) is 15.3. The molecule has 1 unspecified atom stereocenters. The molecule has 3 atom stereocenters. The van der Waals surface area contributed by atoms with Gasteiger partial charge in [-0.2, -0.15) is 0 Å². The molecule has 1 aliphatic carbocycles. The summed E-state index contributed by atoms with van der Waals surface area (Å²) in [4.78, 5) is 25.8. The molecule has 2 rings (SSSR count). The molecule has 1 aliphatic heterocycles. The molecule has 1 N–H and O–H groups in total. The van der Waals surface area contributed by atoms with Crippen molar-refractivity contribution in [1.82, 2.24) is 4.90 Å². The van der Waals surface area contributed by atoms with E-state index in [1.165, 1.54) is 12.8 Å². The molecule has 2 fully saturated rings. The molecule has 0 spiro atoms. The lowest BCUT2D eigenvalue weighted by Gasteiger charge is -2.34. The van der Waals surface area contributed by atoms with Gasteiger partial charge in [-0.15, -0.1) is 0 Å². The number of piperidine rings is 1. The normalized spacial score (nSPS) is 31.5. The second kappa shape index (κ2) is 6.59. The average Bonchev–Trinajstić information content (AvgIpc) is 2.81. The molecule has 0 aromatic rings. The number of carbonyl (C=O) groups excluding carboxylic acids is 1. The van der Waals surface area contributed by atoms with Crippen molar-refractivity contribution in [3.05, 3.63) is 0 Å². The third-order valence-corrected chi connectivity index (χ3v) is 5.06. The Balaban J connectivity index is 1.93. The Kier molecular flexibility index (Phi) is 5.06. The fraction of sp³-hybridized carbons (Fsp3) is 0.875.